The van der Waals surface area contributed by atoms with Crippen LogP contribution in [0.2, 0.25) is 0 Å². The zero-order valence-corrected chi connectivity index (χ0v) is 21.4. The molecule has 0 unspecified atom stereocenters. The summed E-state index contributed by atoms with van der Waals surface area (Å²) in [5.41, 5.74) is 9.18. The first-order valence-electron chi connectivity index (χ1n) is 10.6. The van der Waals surface area contributed by atoms with E-state index in [9.17, 15) is 10.1 Å². The van der Waals surface area contributed by atoms with Crippen molar-refractivity contribution in [2.75, 3.05) is 13.7 Å². The molecule has 2 heterocycles. The molecule has 0 aliphatic rings. The van der Waals surface area contributed by atoms with Crippen molar-refractivity contribution in [1.82, 2.24) is 15.0 Å². The van der Waals surface area contributed by atoms with Gasteiger partial charge in [-0.05, 0) is 61.3 Å². The zero-order valence-electron chi connectivity index (χ0n) is 19.8. The fraction of sp³-hybridized carbons (Fsp3) is 0.280. The Kier molecular flexibility index (Phi) is 8.21. The van der Waals surface area contributed by atoms with Crippen LogP contribution in [0.25, 0.3) is 5.69 Å². The van der Waals surface area contributed by atoms with Gasteiger partial charge in [0.25, 0.3) is 5.91 Å². The molecule has 34 heavy (non-hydrogen) atoms. The molecule has 1 aromatic carbocycles. The first kappa shape index (κ1) is 25.1. The second-order valence-corrected chi connectivity index (χ2v) is 8.54. The monoisotopic (exact) mass is 523 g/mol. The van der Waals surface area contributed by atoms with Crippen molar-refractivity contribution < 1.29 is 14.3 Å². The molecule has 3 aromatic rings. The van der Waals surface area contributed by atoms with Gasteiger partial charge in [-0.2, -0.15) is 10.4 Å². The molecule has 0 saturated carbocycles. The SMILES string of the molecule is COCc1c(Br)c(C)nc(OCC(=O)N/N=C\c2cc(C)n(-c3ccccc3C)c2C)c1C#N. The Labute approximate surface area is 207 Å². The highest BCUT2D eigenvalue weighted by atomic mass is 79.9. The Hall–Kier alpha value is -3.48. The summed E-state index contributed by atoms with van der Waals surface area (Å²) < 4.78 is 13.5. The van der Waals surface area contributed by atoms with Crippen LogP contribution in [0, 0.1) is 39.0 Å². The second kappa shape index (κ2) is 11.1. The number of aromatic nitrogens is 2. The maximum absolute atomic E-state index is 12.3. The summed E-state index contributed by atoms with van der Waals surface area (Å²) in [6.07, 6.45) is 1.61. The van der Waals surface area contributed by atoms with E-state index < -0.39 is 5.91 Å². The van der Waals surface area contributed by atoms with E-state index in [2.05, 4.69) is 61.1 Å². The molecule has 1 N–H and O–H groups in total. The molecule has 8 nitrogen and oxygen atoms in total. The largest absolute Gasteiger partial charge is 0.467 e. The van der Waals surface area contributed by atoms with Crippen molar-refractivity contribution in [2.24, 2.45) is 5.10 Å². The maximum atomic E-state index is 12.3. The van der Waals surface area contributed by atoms with Crippen molar-refractivity contribution in [2.45, 2.75) is 34.3 Å². The number of hydrogen-bond donors (Lipinski definition) is 1. The van der Waals surface area contributed by atoms with Crippen LogP contribution in [0.15, 0.2) is 39.9 Å². The van der Waals surface area contributed by atoms with Crippen LogP contribution in [0.4, 0.5) is 0 Å². The number of ether oxygens (including phenoxy) is 2. The number of aryl methyl sites for hydroxylation is 3. The topological polar surface area (TPSA) is 102 Å². The molecule has 176 valence electrons. The molecule has 0 saturated heterocycles. The van der Waals surface area contributed by atoms with Crippen LogP contribution in [-0.2, 0) is 16.1 Å². The predicted molar refractivity (Wildman–Crippen MR) is 133 cm³/mol. The fourth-order valence-corrected chi connectivity index (χ4v) is 4.06. The average Bonchev–Trinajstić information content (AvgIpc) is 3.09. The standard InChI is InChI=1S/C25H26BrN5O3/c1-15-8-6-7-9-22(15)31-16(2)10-19(18(31)4)12-28-30-23(32)14-34-25-20(11-27)21(13-33-5)24(26)17(3)29-25/h6-10,12H,13-14H2,1-5H3,(H,30,32)/b28-12-. The molecular formula is C25H26BrN5O3. The van der Waals surface area contributed by atoms with E-state index in [1.807, 2.05) is 32.0 Å². The molecule has 0 aliphatic carbocycles. The Morgan fingerprint density at radius 1 is 1.29 bits per heavy atom. The summed E-state index contributed by atoms with van der Waals surface area (Å²) in [5, 5.41) is 13.6. The van der Waals surface area contributed by atoms with Crippen molar-refractivity contribution in [3.63, 3.8) is 0 Å². The smallest absolute Gasteiger partial charge is 0.278 e. The number of nitriles is 1. The van der Waals surface area contributed by atoms with Gasteiger partial charge in [-0.3, -0.25) is 4.79 Å². The number of rotatable bonds is 8. The quantitative estimate of drug-likeness (QED) is 0.348. The summed E-state index contributed by atoms with van der Waals surface area (Å²) in [5.74, 6) is -0.389. The van der Waals surface area contributed by atoms with Crippen LogP contribution in [-0.4, -0.2) is 35.4 Å². The van der Waals surface area contributed by atoms with Gasteiger partial charge in [-0.1, -0.05) is 18.2 Å². The molecule has 0 aliphatic heterocycles. The van der Waals surface area contributed by atoms with Gasteiger partial charge < -0.3 is 14.0 Å². The molecule has 0 spiro atoms. The number of hydrogen-bond acceptors (Lipinski definition) is 6. The lowest BCUT2D eigenvalue weighted by atomic mass is 10.1. The Morgan fingerprint density at radius 2 is 2.03 bits per heavy atom. The fourth-order valence-electron chi connectivity index (χ4n) is 3.66. The maximum Gasteiger partial charge on any atom is 0.278 e. The normalized spacial score (nSPS) is 11.0. The summed E-state index contributed by atoms with van der Waals surface area (Å²) in [7, 11) is 1.54. The van der Waals surface area contributed by atoms with E-state index in [0.29, 0.717) is 15.7 Å². The van der Waals surface area contributed by atoms with E-state index >= 15 is 0 Å². The highest BCUT2D eigenvalue weighted by Crippen LogP contribution is 2.30. The van der Waals surface area contributed by atoms with Gasteiger partial charge in [0.1, 0.15) is 11.6 Å². The average molecular weight is 524 g/mol. The first-order chi connectivity index (χ1) is 16.3. The van der Waals surface area contributed by atoms with Crippen molar-refractivity contribution in [3.8, 4) is 17.6 Å². The first-order valence-corrected chi connectivity index (χ1v) is 11.3. The second-order valence-electron chi connectivity index (χ2n) is 7.74. The molecule has 0 fully saturated rings. The third-order valence-electron chi connectivity index (χ3n) is 5.33. The highest BCUT2D eigenvalue weighted by Gasteiger charge is 2.18. The number of methoxy groups -OCH3 is 1. The minimum atomic E-state index is -0.469. The van der Waals surface area contributed by atoms with E-state index in [1.54, 1.807) is 13.1 Å². The number of para-hydroxylation sites is 1. The van der Waals surface area contributed by atoms with E-state index in [1.165, 1.54) is 12.7 Å². The lowest BCUT2D eigenvalue weighted by Crippen LogP contribution is -2.25. The van der Waals surface area contributed by atoms with Crippen LogP contribution in [0.3, 0.4) is 0 Å². The van der Waals surface area contributed by atoms with Crippen LogP contribution in [0.1, 0.15) is 39.3 Å². The molecule has 1 amide bonds. The van der Waals surface area contributed by atoms with Crippen LogP contribution < -0.4 is 10.2 Å². The number of nitrogens with zero attached hydrogens (tertiary/aromatic N) is 4. The predicted octanol–water partition coefficient (Wildman–Crippen LogP) is 4.42. The van der Waals surface area contributed by atoms with E-state index in [0.717, 1.165) is 22.6 Å². The van der Waals surface area contributed by atoms with Crippen molar-refractivity contribution in [3.05, 3.63) is 74.1 Å². The van der Waals surface area contributed by atoms with Gasteiger partial charge in [0.15, 0.2) is 6.61 Å². The van der Waals surface area contributed by atoms with E-state index in [-0.39, 0.29) is 24.7 Å². The molecule has 0 bridgehead atoms. The number of carbonyl (C=O) groups is 1. The summed E-state index contributed by atoms with van der Waals surface area (Å²) >= 11 is 3.43. The molecule has 0 atom stereocenters. The molecule has 2 aromatic heterocycles. The number of halogens is 1. The summed E-state index contributed by atoms with van der Waals surface area (Å²) in [6.45, 7) is 7.75. The van der Waals surface area contributed by atoms with Crippen molar-refractivity contribution >= 4 is 28.1 Å². The third kappa shape index (κ3) is 5.35. The Morgan fingerprint density at radius 3 is 2.71 bits per heavy atom. The third-order valence-corrected chi connectivity index (χ3v) is 6.38. The number of pyridine rings is 1. The number of hydrazone groups is 1. The minimum Gasteiger partial charge on any atom is -0.467 e. The summed E-state index contributed by atoms with van der Waals surface area (Å²) in [6, 6.07) is 12.2. The highest BCUT2D eigenvalue weighted by molar-refractivity contribution is 9.10. The molecule has 3 rings (SSSR count). The molecule has 0 radical (unpaired) electrons. The van der Waals surface area contributed by atoms with E-state index in [4.69, 9.17) is 9.47 Å². The number of benzene rings is 1. The van der Waals surface area contributed by atoms with Crippen LogP contribution >= 0.6 is 15.9 Å². The lowest BCUT2D eigenvalue weighted by molar-refractivity contribution is -0.123. The Bertz CT molecular complexity index is 1290. The van der Waals surface area contributed by atoms with Gasteiger partial charge in [-0.15, -0.1) is 0 Å². The molecule has 9 heteroatoms. The summed E-state index contributed by atoms with van der Waals surface area (Å²) in [4.78, 5) is 16.6. The number of carbonyl (C=O) groups excluding carboxylic acids is 1. The lowest BCUT2D eigenvalue weighted by Gasteiger charge is -2.13. The van der Waals surface area contributed by atoms with Gasteiger partial charge in [0, 0.05) is 39.8 Å². The number of amides is 1. The zero-order chi connectivity index (χ0) is 24.8. The Balaban J connectivity index is 1.69. The minimum absolute atomic E-state index is 0.0798. The van der Waals surface area contributed by atoms with Gasteiger partial charge in [0.2, 0.25) is 5.88 Å². The van der Waals surface area contributed by atoms with Gasteiger partial charge in [-0.25, -0.2) is 10.4 Å². The van der Waals surface area contributed by atoms with Crippen molar-refractivity contribution in [1.29, 1.82) is 5.26 Å². The number of nitrogens with one attached hydrogen (secondary N) is 1. The van der Waals surface area contributed by atoms with Gasteiger partial charge >= 0.3 is 0 Å². The van der Waals surface area contributed by atoms with Gasteiger partial charge in [0.05, 0.1) is 18.5 Å². The molecular weight excluding hydrogens is 498 g/mol. The van der Waals surface area contributed by atoms with Crippen LogP contribution in [0.5, 0.6) is 5.88 Å².